The molecule has 1 aliphatic heterocycles. The van der Waals surface area contributed by atoms with Crippen LogP contribution in [0.5, 0.6) is 28.7 Å². The number of esters is 1. The normalized spacial score (nSPS) is 14.8. The first-order valence-electron chi connectivity index (χ1n) is 13.4. The van der Waals surface area contributed by atoms with Gasteiger partial charge in [0.05, 0.1) is 19.6 Å². The molecule has 0 fully saturated rings. The lowest BCUT2D eigenvalue weighted by Gasteiger charge is -2.27. The zero-order valence-electron chi connectivity index (χ0n) is 23.2. The highest BCUT2D eigenvalue weighted by Gasteiger charge is 2.32. The van der Waals surface area contributed by atoms with Gasteiger partial charge in [-0.05, 0) is 61.2 Å². The highest BCUT2D eigenvalue weighted by atomic mass is 16.6. The van der Waals surface area contributed by atoms with Crippen LogP contribution in [0.25, 0.3) is 0 Å². The maximum Gasteiger partial charge on any atom is 0.352 e. The number of nitrogens with zero attached hydrogens (tertiary/aromatic N) is 1. The van der Waals surface area contributed by atoms with Gasteiger partial charge in [-0.1, -0.05) is 44.5 Å². The minimum Gasteiger partial charge on any atom is -0.493 e. The average molecular weight is 543 g/mol. The number of ether oxygens (including phenoxy) is 5. The molecule has 2 atom stereocenters. The smallest absolute Gasteiger partial charge is 0.352 e. The lowest BCUT2D eigenvalue weighted by atomic mass is 9.83. The number of carbonyl (C=O) groups excluding carboxylic acids is 1. The molecular formula is C32H34N2O6. The molecule has 1 heterocycles. The molecule has 8 heteroatoms. The second kappa shape index (κ2) is 12.9. The summed E-state index contributed by atoms with van der Waals surface area (Å²) in [6.07, 6.45) is 2.03. The molecule has 0 spiro atoms. The van der Waals surface area contributed by atoms with Gasteiger partial charge in [0.2, 0.25) is 5.88 Å². The maximum absolute atomic E-state index is 12.8. The summed E-state index contributed by atoms with van der Waals surface area (Å²) in [5, 5.41) is 9.92. The van der Waals surface area contributed by atoms with Gasteiger partial charge in [-0.15, -0.1) is 0 Å². The minimum atomic E-state index is -0.835. The molecule has 40 heavy (non-hydrogen) atoms. The number of fused-ring (bicyclic) bond motifs is 1. The van der Waals surface area contributed by atoms with Crippen molar-refractivity contribution in [2.45, 2.75) is 52.1 Å². The van der Waals surface area contributed by atoms with Crippen LogP contribution < -0.4 is 29.4 Å². The summed E-state index contributed by atoms with van der Waals surface area (Å²) in [6, 6.07) is 20.3. The Bertz CT molecular complexity index is 1420. The molecule has 0 aliphatic carbocycles. The van der Waals surface area contributed by atoms with Gasteiger partial charge in [0, 0.05) is 11.6 Å². The van der Waals surface area contributed by atoms with Crippen molar-refractivity contribution in [3.63, 3.8) is 0 Å². The number of nitriles is 1. The Morgan fingerprint density at radius 2 is 1.80 bits per heavy atom. The summed E-state index contributed by atoms with van der Waals surface area (Å²) in [7, 11) is 1.57. The minimum absolute atomic E-state index is 0.0158. The summed E-state index contributed by atoms with van der Waals surface area (Å²) in [5.41, 5.74) is 9.11. The van der Waals surface area contributed by atoms with Crippen molar-refractivity contribution in [2.24, 2.45) is 5.73 Å². The lowest BCUT2D eigenvalue weighted by molar-refractivity contribution is -0.141. The lowest BCUT2D eigenvalue weighted by Crippen LogP contribution is -2.28. The van der Waals surface area contributed by atoms with Gasteiger partial charge in [0.1, 0.15) is 28.9 Å². The summed E-state index contributed by atoms with van der Waals surface area (Å²) in [5.74, 6) is 1.34. The number of hydrogen-bond acceptors (Lipinski definition) is 8. The van der Waals surface area contributed by atoms with E-state index in [2.05, 4.69) is 19.9 Å². The van der Waals surface area contributed by atoms with Crippen molar-refractivity contribution in [2.75, 3.05) is 13.7 Å². The zero-order chi connectivity index (χ0) is 28.6. The quantitative estimate of drug-likeness (QED) is 0.178. The Morgan fingerprint density at radius 3 is 2.48 bits per heavy atom. The predicted octanol–water partition coefficient (Wildman–Crippen LogP) is 6.03. The van der Waals surface area contributed by atoms with Gasteiger partial charge in [-0.2, -0.15) is 5.26 Å². The summed E-state index contributed by atoms with van der Waals surface area (Å²) in [4.78, 5) is 12.8. The Morgan fingerprint density at radius 1 is 1.05 bits per heavy atom. The zero-order valence-corrected chi connectivity index (χ0v) is 23.2. The molecule has 8 nitrogen and oxygen atoms in total. The molecule has 0 amide bonds. The Balaban J connectivity index is 1.56. The third kappa shape index (κ3) is 6.32. The number of aryl methyl sites for hydroxylation is 1. The van der Waals surface area contributed by atoms with Gasteiger partial charge >= 0.3 is 5.97 Å². The first-order valence-corrected chi connectivity index (χ1v) is 13.4. The Labute approximate surface area is 234 Å². The van der Waals surface area contributed by atoms with Crippen LogP contribution in [0.4, 0.5) is 0 Å². The van der Waals surface area contributed by atoms with Gasteiger partial charge in [0.15, 0.2) is 17.6 Å². The average Bonchev–Trinajstić information content (AvgIpc) is 2.97. The molecule has 208 valence electrons. The monoisotopic (exact) mass is 542 g/mol. The van der Waals surface area contributed by atoms with E-state index in [-0.39, 0.29) is 17.2 Å². The van der Waals surface area contributed by atoms with Crippen LogP contribution in [0.2, 0.25) is 0 Å². The van der Waals surface area contributed by atoms with E-state index in [1.807, 2.05) is 42.5 Å². The van der Waals surface area contributed by atoms with E-state index < -0.39 is 18.0 Å². The number of hydrogen-bond donors (Lipinski definition) is 1. The highest BCUT2D eigenvalue weighted by molar-refractivity contribution is 5.77. The molecule has 0 saturated carbocycles. The number of unbranched alkanes of at least 4 members (excludes halogenated alkanes) is 1. The summed E-state index contributed by atoms with van der Waals surface area (Å²) < 4.78 is 28.6. The Hall–Kier alpha value is -4.64. The molecule has 1 aliphatic rings. The third-order valence-electron chi connectivity index (χ3n) is 6.66. The molecular weight excluding hydrogens is 508 g/mol. The fraction of sp³-hybridized carbons (Fsp3) is 0.312. The van der Waals surface area contributed by atoms with Crippen LogP contribution >= 0.6 is 0 Å². The first kappa shape index (κ1) is 28.4. The van der Waals surface area contributed by atoms with E-state index in [0.717, 1.165) is 24.8 Å². The largest absolute Gasteiger partial charge is 0.493 e. The number of carbonyl (C=O) groups is 1. The molecule has 0 radical (unpaired) electrons. The molecule has 0 saturated heterocycles. The molecule has 2 N–H and O–H groups in total. The van der Waals surface area contributed by atoms with Crippen LogP contribution in [0, 0.1) is 11.3 Å². The van der Waals surface area contributed by atoms with Crippen molar-refractivity contribution in [1.82, 2.24) is 0 Å². The van der Waals surface area contributed by atoms with Crippen molar-refractivity contribution >= 4 is 5.97 Å². The van der Waals surface area contributed by atoms with E-state index in [9.17, 15) is 10.1 Å². The van der Waals surface area contributed by atoms with Gasteiger partial charge in [0.25, 0.3) is 0 Å². The van der Waals surface area contributed by atoms with E-state index in [0.29, 0.717) is 35.2 Å². The standard InChI is InChI=1S/C32H34N2O6/c1-5-7-16-37-27-15-10-22(17-29(27)36-4)30-25-14-13-24(18-28(25)40-31(34)26(30)19-33)39-32(35)20(3)38-23-11-8-21(6-2)9-12-23/h8-15,17-18,20,30H,5-7,16,34H2,1-4H3. The van der Waals surface area contributed by atoms with Crippen LogP contribution in [0.15, 0.2) is 72.1 Å². The van der Waals surface area contributed by atoms with Crippen molar-refractivity contribution in [1.29, 1.82) is 5.26 Å². The van der Waals surface area contributed by atoms with Crippen LogP contribution in [-0.4, -0.2) is 25.8 Å². The predicted molar refractivity (Wildman–Crippen MR) is 151 cm³/mol. The van der Waals surface area contributed by atoms with Gasteiger partial charge < -0.3 is 29.4 Å². The number of benzene rings is 3. The fourth-order valence-corrected chi connectivity index (χ4v) is 4.41. The number of nitrogens with two attached hydrogens (primary N) is 1. The van der Waals surface area contributed by atoms with Gasteiger partial charge in [-0.3, -0.25) is 0 Å². The SMILES string of the molecule is CCCCOc1ccc(C2C(C#N)=C(N)Oc3cc(OC(=O)C(C)Oc4ccc(CC)cc4)ccc32)cc1OC. The molecule has 4 rings (SSSR count). The number of allylic oxidation sites excluding steroid dienone is 1. The van der Waals surface area contributed by atoms with Crippen molar-refractivity contribution < 1.29 is 28.5 Å². The number of methoxy groups -OCH3 is 1. The molecule has 3 aromatic rings. The molecule has 0 aromatic heterocycles. The highest BCUT2D eigenvalue weighted by Crippen LogP contribution is 2.45. The topological polar surface area (TPSA) is 113 Å². The Kier molecular flexibility index (Phi) is 9.18. The summed E-state index contributed by atoms with van der Waals surface area (Å²) >= 11 is 0. The fourth-order valence-electron chi connectivity index (χ4n) is 4.41. The van der Waals surface area contributed by atoms with Crippen molar-refractivity contribution in [3.8, 4) is 34.8 Å². The van der Waals surface area contributed by atoms with Crippen LogP contribution in [0.1, 0.15) is 56.2 Å². The van der Waals surface area contributed by atoms with Crippen LogP contribution in [-0.2, 0) is 11.2 Å². The van der Waals surface area contributed by atoms with Crippen LogP contribution in [0.3, 0.4) is 0 Å². The van der Waals surface area contributed by atoms with E-state index >= 15 is 0 Å². The van der Waals surface area contributed by atoms with E-state index in [1.165, 1.54) is 5.56 Å². The third-order valence-corrected chi connectivity index (χ3v) is 6.66. The maximum atomic E-state index is 12.8. The second-order valence-corrected chi connectivity index (χ2v) is 9.42. The molecule has 2 unspecified atom stereocenters. The van der Waals surface area contributed by atoms with E-state index in [4.69, 9.17) is 29.4 Å². The number of rotatable bonds is 11. The van der Waals surface area contributed by atoms with E-state index in [1.54, 1.807) is 32.2 Å². The summed E-state index contributed by atoms with van der Waals surface area (Å²) in [6.45, 7) is 6.38. The second-order valence-electron chi connectivity index (χ2n) is 9.42. The molecule has 3 aromatic carbocycles. The van der Waals surface area contributed by atoms with Crippen molar-refractivity contribution in [3.05, 3.63) is 88.8 Å². The first-order chi connectivity index (χ1) is 19.4. The molecule has 0 bridgehead atoms. The van der Waals surface area contributed by atoms with Gasteiger partial charge in [-0.25, -0.2) is 4.79 Å².